The van der Waals surface area contributed by atoms with Crippen molar-refractivity contribution in [1.82, 2.24) is 9.78 Å². The van der Waals surface area contributed by atoms with Gasteiger partial charge in [-0.1, -0.05) is 25.0 Å². The summed E-state index contributed by atoms with van der Waals surface area (Å²) in [6, 6.07) is 15.2. The summed E-state index contributed by atoms with van der Waals surface area (Å²) in [6.07, 6.45) is 6.33. The number of aromatic nitrogens is 2. The lowest BCUT2D eigenvalue weighted by atomic mass is 10.2. The molecule has 144 valence electrons. The van der Waals surface area contributed by atoms with E-state index >= 15 is 0 Å². The van der Waals surface area contributed by atoms with E-state index in [9.17, 15) is 9.59 Å². The molecule has 1 aromatic heterocycles. The summed E-state index contributed by atoms with van der Waals surface area (Å²) in [5.41, 5.74) is 2.47. The molecule has 0 spiro atoms. The molecule has 1 fully saturated rings. The van der Waals surface area contributed by atoms with Gasteiger partial charge in [-0.3, -0.25) is 14.3 Å². The minimum Gasteiger partial charge on any atom is -0.372 e. The van der Waals surface area contributed by atoms with Crippen LogP contribution < -0.4 is 15.6 Å². The highest BCUT2D eigenvalue weighted by atomic mass is 16.2. The maximum absolute atomic E-state index is 12.5. The highest BCUT2D eigenvalue weighted by Gasteiger charge is 2.11. The van der Waals surface area contributed by atoms with Gasteiger partial charge in [0.25, 0.3) is 0 Å². The largest absolute Gasteiger partial charge is 0.372 e. The Bertz CT molecular complexity index is 1020. The van der Waals surface area contributed by atoms with Crippen LogP contribution in [0.3, 0.4) is 0 Å². The Morgan fingerprint density at radius 1 is 0.964 bits per heavy atom. The minimum atomic E-state index is -0.177. The number of nitrogens with one attached hydrogen (secondary N) is 1. The lowest BCUT2D eigenvalue weighted by Gasteiger charge is -2.22. The van der Waals surface area contributed by atoms with Crippen LogP contribution in [-0.4, -0.2) is 28.8 Å². The highest BCUT2D eigenvalue weighted by molar-refractivity contribution is 5.91. The topological polar surface area (TPSA) is 67.2 Å². The smallest absolute Gasteiger partial charge is 0.246 e. The van der Waals surface area contributed by atoms with E-state index in [1.165, 1.54) is 37.6 Å². The average molecular weight is 376 g/mol. The molecule has 0 radical (unpaired) electrons. The van der Waals surface area contributed by atoms with Crippen molar-refractivity contribution < 1.29 is 4.79 Å². The van der Waals surface area contributed by atoms with Gasteiger partial charge < -0.3 is 10.2 Å². The molecule has 0 aliphatic carbocycles. The number of rotatable bonds is 4. The van der Waals surface area contributed by atoms with E-state index in [1.807, 2.05) is 18.2 Å². The van der Waals surface area contributed by atoms with Crippen LogP contribution in [0.4, 0.5) is 11.4 Å². The Morgan fingerprint density at radius 3 is 2.43 bits per heavy atom. The van der Waals surface area contributed by atoms with Crippen molar-refractivity contribution >= 4 is 28.2 Å². The summed E-state index contributed by atoms with van der Waals surface area (Å²) >= 11 is 0. The molecule has 1 amide bonds. The molecular weight excluding hydrogens is 352 g/mol. The van der Waals surface area contributed by atoms with Gasteiger partial charge in [0.2, 0.25) is 11.3 Å². The summed E-state index contributed by atoms with van der Waals surface area (Å²) < 4.78 is 1.55. The second-order valence-electron chi connectivity index (χ2n) is 7.18. The van der Waals surface area contributed by atoms with Gasteiger partial charge in [-0.15, -0.1) is 0 Å². The Hall–Kier alpha value is -3.15. The molecule has 28 heavy (non-hydrogen) atoms. The second-order valence-corrected chi connectivity index (χ2v) is 7.18. The first-order valence-corrected chi connectivity index (χ1v) is 9.80. The van der Waals surface area contributed by atoms with Crippen LogP contribution in [0.25, 0.3) is 10.9 Å². The van der Waals surface area contributed by atoms with Crippen molar-refractivity contribution in [2.75, 3.05) is 23.3 Å². The Morgan fingerprint density at radius 2 is 1.68 bits per heavy atom. The van der Waals surface area contributed by atoms with E-state index in [2.05, 4.69) is 27.4 Å². The van der Waals surface area contributed by atoms with E-state index < -0.39 is 0 Å². The van der Waals surface area contributed by atoms with Crippen molar-refractivity contribution in [3.63, 3.8) is 0 Å². The molecule has 0 unspecified atom stereocenters. The van der Waals surface area contributed by atoms with Gasteiger partial charge in [0.05, 0.1) is 11.7 Å². The molecular formula is C22H24N4O2. The maximum atomic E-state index is 12.5. The van der Waals surface area contributed by atoms with Crippen molar-refractivity contribution in [2.45, 2.75) is 32.2 Å². The molecule has 2 aromatic carbocycles. The van der Waals surface area contributed by atoms with Gasteiger partial charge in [0, 0.05) is 29.9 Å². The SMILES string of the molecule is O=C(Cn1ncc(=O)c2ccccc21)Nc1ccc(N2CCCCCC2)cc1. The molecule has 0 saturated carbocycles. The van der Waals surface area contributed by atoms with Gasteiger partial charge in [0.15, 0.2) is 0 Å². The fourth-order valence-corrected chi connectivity index (χ4v) is 3.71. The van der Waals surface area contributed by atoms with Crippen LogP contribution in [0.15, 0.2) is 59.5 Å². The molecule has 3 aromatic rings. The van der Waals surface area contributed by atoms with E-state index in [1.54, 1.807) is 22.9 Å². The normalized spacial score (nSPS) is 14.6. The van der Waals surface area contributed by atoms with Gasteiger partial charge >= 0.3 is 0 Å². The summed E-state index contributed by atoms with van der Waals surface area (Å²) in [6.45, 7) is 2.24. The number of benzene rings is 2. The van der Waals surface area contributed by atoms with Crippen molar-refractivity contribution in [3.8, 4) is 0 Å². The van der Waals surface area contributed by atoms with E-state index in [-0.39, 0.29) is 17.9 Å². The third-order valence-corrected chi connectivity index (χ3v) is 5.18. The molecule has 6 heteroatoms. The van der Waals surface area contributed by atoms with Gasteiger partial charge in [-0.2, -0.15) is 5.10 Å². The fraction of sp³-hybridized carbons (Fsp3) is 0.318. The van der Waals surface area contributed by atoms with Crippen LogP contribution in [0.5, 0.6) is 0 Å². The quantitative estimate of drug-likeness (QED) is 0.758. The molecule has 4 rings (SSSR count). The molecule has 0 bridgehead atoms. The van der Waals surface area contributed by atoms with Crippen molar-refractivity contribution in [2.24, 2.45) is 0 Å². The highest BCUT2D eigenvalue weighted by Crippen LogP contribution is 2.21. The Labute approximate surface area is 163 Å². The van der Waals surface area contributed by atoms with Crippen LogP contribution in [-0.2, 0) is 11.3 Å². The molecule has 1 N–H and O–H groups in total. The Kier molecular flexibility index (Phi) is 5.37. The minimum absolute atomic E-state index is 0.0503. The number of para-hydroxylation sites is 1. The molecule has 1 aliphatic rings. The summed E-state index contributed by atoms with van der Waals surface area (Å²) in [7, 11) is 0. The van der Waals surface area contributed by atoms with E-state index in [0.717, 1.165) is 18.8 Å². The predicted molar refractivity (Wildman–Crippen MR) is 112 cm³/mol. The first kappa shape index (κ1) is 18.2. The van der Waals surface area contributed by atoms with Gasteiger partial charge in [-0.05, 0) is 49.2 Å². The van der Waals surface area contributed by atoms with Crippen molar-refractivity contribution in [1.29, 1.82) is 0 Å². The predicted octanol–water partition coefficient (Wildman–Crippen LogP) is 3.42. The van der Waals surface area contributed by atoms with Crippen LogP contribution >= 0.6 is 0 Å². The second kappa shape index (κ2) is 8.25. The lowest BCUT2D eigenvalue weighted by Crippen LogP contribution is -2.24. The molecule has 1 aliphatic heterocycles. The molecule has 6 nitrogen and oxygen atoms in total. The maximum Gasteiger partial charge on any atom is 0.246 e. The summed E-state index contributed by atoms with van der Waals surface area (Å²) in [4.78, 5) is 26.8. The summed E-state index contributed by atoms with van der Waals surface area (Å²) in [5.74, 6) is -0.177. The van der Waals surface area contributed by atoms with Crippen molar-refractivity contribution in [3.05, 3.63) is 65.0 Å². The molecule has 2 heterocycles. The Balaban J connectivity index is 1.44. The number of fused-ring (bicyclic) bond motifs is 1. The van der Waals surface area contributed by atoms with Gasteiger partial charge in [0.1, 0.15) is 6.54 Å². The zero-order valence-electron chi connectivity index (χ0n) is 15.8. The fourth-order valence-electron chi connectivity index (χ4n) is 3.71. The number of carbonyl (C=O) groups excluding carboxylic acids is 1. The summed E-state index contributed by atoms with van der Waals surface area (Å²) in [5, 5.41) is 7.59. The molecule has 0 atom stereocenters. The van der Waals surface area contributed by atoms with Crippen LogP contribution in [0.1, 0.15) is 25.7 Å². The van der Waals surface area contributed by atoms with E-state index in [4.69, 9.17) is 0 Å². The number of anilines is 2. The van der Waals surface area contributed by atoms with E-state index in [0.29, 0.717) is 10.9 Å². The van der Waals surface area contributed by atoms with Crippen LogP contribution in [0.2, 0.25) is 0 Å². The number of amides is 1. The average Bonchev–Trinajstić information content (AvgIpc) is 3.00. The zero-order valence-corrected chi connectivity index (χ0v) is 15.8. The lowest BCUT2D eigenvalue weighted by molar-refractivity contribution is -0.116. The number of carbonyl (C=O) groups is 1. The van der Waals surface area contributed by atoms with Gasteiger partial charge in [-0.25, -0.2) is 0 Å². The van der Waals surface area contributed by atoms with Crippen LogP contribution in [0, 0.1) is 0 Å². The third kappa shape index (κ3) is 4.06. The standard InChI is InChI=1S/C22H24N4O2/c27-21-15-23-26(20-8-4-3-7-19(20)21)16-22(28)24-17-9-11-18(12-10-17)25-13-5-1-2-6-14-25/h3-4,7-12,15H,1-2,5-6,13-14,16H2,(H,24,28). The number of nitrogens with zero attached hydrogens (tertiary/aromatic N) is 3. The monoisotopic (exact) mass is 376 g/mol. The first-order valence-electron chi connectivity index (χ1n) is 9.80. The first-order chi connectivity index (χ1) is 13.7. The zero-order chi connectivity index (χ0) is 19.3. The number of hydrogen-bond acceptors (Lipinski definition) is 4. The molecule has 1 saturated heterocycles. The third-order valence-electron chi connectivity index (χ3n) is 5.18. The number of hydrogen-bond donors (Lipinski definition) is 1.